The minimum absolute atomic E-state index is 0.0348. The first-order valence-corrected chi connectivity index (χ1v) is 7.91. The van der Waals surface area contributed by atoms with Crippen LogP contribution in [-0.2, 0) is 6.42 Å². The van der Waals surface area contributed by atoms with Crippen molar-refractivity contribution in [2.24, 2.45) is 0 Å². The number of anilines is 2. The molecule has 0 radical (unpaired) electrons. The minimum atomic E-state index is -4.19. The Bertz CT molecular complexity index is 452. The van der Waals surface area contributed by atoms with Crippen LogP contribution < -0.4 is 10.6 Å². The summed E-state index contributed by atoms with van der Waals surface area (Å²) in [5, 5.41) is 6.18. The molecule has 0 spiro atoms. The van der Waals surface area contributed by atoms with Crippen LogP contribution in [0.1, 0.15) is 31.7 Å². The Labute approximate surface area is 127 Å². The molecule has 0 saturated carbocycles. The molecule has 0 bridgehead atoms. The van der Waals surface area contributed by atoms with E-state index in [9.17, 15) is 13.2 Å². The molecule has 1 aromatic rings. The van der Waals surface area contributed by atoms with Crippen molar-refractivity contribution < 1.29 is 13.2 Å². The molecule has 8 heteroatoms. The lowest BCUT2D eigenvalue weighted by Gasteiger charge is -2.14. The van der Waals surface area contributed by atoms with Gasteiger partial charge in [0, 0.05) is 30.8 Å². The van der Waals surface area contributed by atoms with Gasteiger partial charge in [0.1, 0.15) is 17.5 Å². The lowest BCUT2D eigenvalue weighted by atomic mass is 10.2. The van der Waals surface area contributed by atoms with Crippen molar-refractivity contribution in [3.63, 3.8) is 0 Å². The van der Waals surface area contributed by atoms with Crippen molar-refractivity contribution in [1.82, 2.24) is 9.97 Å². The first-order chi connectivity index (χ1) is 9.87. The number of hydrogen-bond donors (Lipinski definition) is 2. The van der Waals surface area contributed by atoms with Gasteiger partial charge in [0.05, 0.1) is 0 Å². The fraction of sp³-hybridized carbons (Fsp3) is 0.692. The highest BCUT2D eigenvalue weighted by Crippen LogP contribution is 2.29. The third-order valence-corrected chi connectivity index (χ3v) is 3.45. The smallest absolute Gasteiger partial charge is 0.370 e. The molecule has 0 unspecified atom stereocenters. The SMILES string of the molecule is CCCNc1nc(CC)nc(NCCSC(F)(F)F)c1C. The molecule has 0 aliphatic carbocycles. The molecule has 21 heavy (non-hydrogen) atoms. The van der Waals surface area contributed by atoms with E-state index in [1.165, 1.54) is 0 Å². The fourth-order valence-electron chi connectivity index (χ4n) is 1.64. The quantitative estimate of drug-likeness (QED) is 0.712. The third kappa shape index (κ3) is 6.41. The first-order valence-electron chi connectivity index (χ1n) is 6.93. The van der Waals surface area contributed by atoms with Gasteiger partial charge in [-0.15, -0.1) is 0 Å². The van der Waals surface area contributed by atoms with Crippen molar-refractivity contribution in [2.75, 3.05) is 29.5 Å². The number of nitrogens with one attached hydrogen (secondary N) is 2. The van der Waals surface area contributed by atoms with E-state index < -0.39 is 5.51 Å². The molecule has 0 saturated heterocycles. The predicted octanol–water partition coefficient (Wildman–Crippen LogP) is 3.83. The molecule has 120 valence electrons. The number of aromatic nitrogens is 2. The highest BCUT2D eigenvalue weighted by Gasteiger charge is 2.27. The second-order valence-corrected chi connectivity index (χ2v) is 5.62. The number of thioether (sulfide) groups is 1. The van der Waals surface area contributed by atoms with Crippen LogP contribution in [0.2, 0.25) is 0 Å². The first kappa shape index (κ1) is 17.9. The molecular formula is C13H21F3N4S. The monoisotopic (exact) mass is 322 g/mol. The van der Waals surface area contributed by atoms with Crippen LogP contribution >= 0.6 is 11.8 Å². The Balaban J connectivity index is 2.71. The highest BCUT2D eigenvalue weighted by molar-refractivity contribution is 8.00. The molecule has 1 heterocycles. The molecule has 0 fully saturated rings. The summed E-state index contributed by atoms with van der Waals surface area (Å²) in [6.07, 6.45) is 1.64. The van der Waals surface area contributed by atoms with E-state index in [2.05, 4.69) is 27.5 Å². The summed E-state index contributed by atoms with van der Waals surface area (Å²) in [7, 11) is 0. The molecule has 0 atom stereocenters. The molecule has 1 aromatic heterocycles. The van der Waals surface area contributed by atoms with Crippen molar-refractivity contribution in [2.45, 2.75) is 39.1 Å². The molecule has 0 aliphatic heterocycles. The Kier molecular flexibility index (Phi) is 7.07. The maximum Gasteiger partial charge on any atom is 0.441 e. The van der Waals surface area contributed by atoms with Gasteiger partial charge in [-0.25, -0.2) is 9.97 Å². The van der Waals surface area contributed by atoms with E-state index in [0.29, 0.717) is 18.1 Å². The average molecular weight is 322 g/mol. The molecule has 1 rings (SSSR count). The zero-order chi connectivity index (χ0) is 15.9. The average Bonchev–Trinajstić information content (AvgIpc) is 2.42. The van der Waals surface area contributed by atoms with Crippen LogP contribution in [0.25, 0.3) is 0 Å². The minimum Gasteiger partial charge on any atom is -0.370 e. The zero-order valence-corrected chi connectivity index (χ0v) is 13.3. The molecule has 0 aliphatic rings. The van der Waals surface area contributed by atoms with Crippen molar-refractivity contribution in [3.8, 4) is 0 Å². The number of rotatable bonds is 8. The lowest BCUT2D eigenvalue weighted by Crippen LogP contribution is -2.14. The van der Waals surface area contributed by atoms with Gasteiger partial charge in [-0.2, -0.15) is 13.2 Å². The van der Waals surface area contributed by atoms with Crippen molar-refractivity contribution >= 4 is 23.4 Å². The number of nitrogens with zero attached hydrogens (tertiary/aromatic N) is 2. The van der Waals surface area contributed by atoms with Gasteiger partial charge in [-0.3, -0.25) is 0 Å². The van der Waals surface area contributed by atoms with Crippen LogP contribution in [0.5, 0.6) is 0 Å². The third-order valence-electron chi connectivity index (χ3n) is 2.71. The van der Waals surface area contributed by atoms with Gasteiger partial charge in [-0.1, -0.05) is 13.8 Å². The van der Waals surface area contributed by atoms with Crippen LogP contribution in [0, 0.1) is 6.92 Å². The summed E-state index contributed by atoms with van der Waals surface area (Å²) in [5.74, 6) is 1.97. The van der Waals surface area contributed by atoms with Crippen LogP contribution in [-0.4, -0.2) is 34.3 Å². The number of hydrogen-bond acceptors (Lipinski definition) is 5. The van der Waals surface area contributed by atoms with Gasteiger partial charge in [0.2, 0.25) is 0 Å². The van der Waals surface area contributed by atoms with Gasteiger partial charge in [0.25, 0.3) is 0 Å². The van der Waals surface area contributed by atoms with Crippen LogP contribution in [0.4, 0.5) is 24.8 Å². The number of aryl methyl sites for hydroxylation is 1. The Morgan fingerprint density at radius 3 is 2.10 bits per heavy atom. The fourth-order valence-corrected chi connectivity index (χ4v) is 2.08. The summed E-state index contributed by atoms with van der Waals surface area (Å²) < 4.78 is 36.2. The largest absolute Gasteiger partial charge is 0.441 e. The predicted molar refractivity (Wildman–Crippen MR) is 81.9 cm³/mol. The van der Waals surface area contributed by atoms with Gasteiger partial charge in [0.15, 0.2) is 0 Å². The maximum absolute atomic E-state index is 12.1. The summed E-state index contributed by atoms with van der Waals surface area (Å²) >= 11 is -0.0348. The topological polar surface area (TPSA) is 49.8 Å². The second kappa shape index (κ2) is 8.31. The summed E-state index contributed by atoms with van der Waals surface area (Å²) in [6, 6.07) is 0. The van der Waals surface area contributed by atoms with Crippen LogP contribution in [0.3, 0.4) is 0 Å². The van der Waals surface area contributed by atoms with E-state index >= 15 is 0 Å². The molecule has 4 nitrogen and oxygen atoms in total. The summed E-state index contributed by atoms with van der Waals surface area (Å²) in [6.45, 7) is 6.86. The zero-order valence-electron chi connectivity index (χ0n) is 12.5. The number of alkyl halides is 3. The van der Waals surface area contributed by atoms with Crippen molar-refractivity contribution in [1.29, 1.82) is 0 Å². The lowest BCUT2D eigenvalue weighted by molar-refractivity contribution is -0.0327. The van der Waals surface area contributed by atoms with Gasteiger partial charge < -0.3 is 10.6 Å². The van der Waals surface area contributed by atoms with E-state index in [4.69, 9.17) is 0 Å². The van der Waals surface area contributed by atoms with Gasteiger partial charge in [-0.05, 0) is 25.1 Å². The molecule has 0 amide bonds. The van der Waals surface area contributed by atoms with E-state index in [1.807, 2.05) is 13.8 Å². The Hall–Kier alpha value is -1.18. The van der Waals surface area contributed by atoms with E-state index in [0.717, 1.165) is 24.3 Å². The number of halogens is 3. The maximum atomic E-state index is 12.1. The summed E-state index contributed by atoms with van der Waals surface area (Å²) in [4.78, 5) is 8.75. The second-order valence-electron chi connectivity index (χ2n) is 4.46. The van der Waals surface area contributed by atoms with Crippen LogP contribution in [0.15, 0.2) is 0 Å². The highest BCUT2D eigenvalue weighted by atomic mass is 32.2. The van der Waals surface area contributed by atoms with Gasteiger partial charge >= 0.3 is 5.51 Å². The molecular weight excluding hydrogens is 301 g/mol. The summed E-state index contributed by atoms with van der Waals surface area (Å²) in [5.41, 5.74) is -3.36. The molecule has 2 N–H and O–H groups in total. The standard InChI is InChI=1S/C13H21F3N4S/c1-4-6-17-11-9(3)12(20-10(5-2)19-11)18-7-8-21-13(14,15)16/h4-8H2,1-3H3,(H2,17,18,19,20). The van der Waals surface area contributed by atoms with Crippen molar-refractivity contribution in [3.05, 3.63) is 11.4 Å². The Morgan fingerprint density at radius 1 is 1.05 bits per heavy atom. The Morgan fingerprint density at radius 2 is 1.62 bits per heavy atom. The molecule has 0 aromatic carbocycles. The van der Waals surface area contributed by atoms with E-state index in [1.54, 1.807) is 0 Å². The van der Waals surface area contributed by atoms with E-state index in [-0.39, 0.29) is 24.1 Å². The normalized spacial score (nSPS) is 11.5.